The Labute approximate surface area is 259 Å². The maximum absolute atomic E-state index is 5.40. The number of allylic oxidation sites excluding steroid dienone is 8. The van der Waals surface area contributed by atoms with Crippen molar-refractivity contribution >= 4 is 16.9 Å². The second kappa shape index (κ2) is 9.62. The lowest BCUT2D eigenvalue weighted by Crippen LogP contribution is -2.34. The molecule has 0 saturated carbocycles. The van der Waals surface area contributed by atoms with Gasteiger partial charge in [0.05, 0.1) is 17.3 Å². The van der Waals surface area contributed by atoms with Crippen LogP contribution in [0.25, 0.3) is 33.3 Å². The number of anilines is 1. The van der Waals surface area contributed by atoms with Crippen molar-refractivity contribution in [3.63, 3.8) is 0 Å². The second-order valence-electron chi connectivity index (χ2n) is 13.3. The van der Waals surface area contributed by atoms with E-state index in [0.29, 0.717) is 11.8 Å². The van der Waals surface area contributed by atoms with Gasteiger partial charge < -0.3 is 4.90 Å². The molecule has 0 radical (unpaired) electrons. The number of rotatable bonds is 3. The van der Waals surface area contributed by atoms with Gasteiger partial charge in [0.15, 0.2) is 0 Å². The Bertz CT molecular complexity index is 2020. The number of aromatic nitrogens is 2. The molecule has 1 aromatic heterocycles. The topological polar surface area (TPSA) is 29.0 Å². The fourth-order valence-electron chi connectivity index (χ4n) is 8.44. The molecule has 3 unspecified atom stereocenters. The maximum Gasteiger partial charge on any atom is 0.231 e. The Kier molecular flexibility index (Phi) is 5.62. The lowest BCUT2D eigenvalue weighted by atomic mass is 9.69. The van der Waals surface area contributed by atoms with Crippen molar-refractivity contribution in [1.82, 2.24) is 9.97 Å². The van der Waals surface area contributed by atoms with Crippen LogP contribution in [0.2, 0.25) is 0 Å². The van der Waals surface area contributed by atoms with Crippen LogP contribution in [0.15, 0.2) is 149 Å². The van der Waals surface area contributed by atoms with Crippen LogP contribution < -0.4 is 4.90 Å². The van der Waals surface area contributed by atoms with E-state index in [4.69, 9.17) is 9.97 Å². The van der Waals surface area contributed by atoms with Crippen molar-refractivity contribution in [3.8, 4) is 22.4 Å². The molecule has 0 N–H and O–H groups in total. The standard InChI is InChI=1S/C41H35N3/c1-41(2)34-17-9-6-14-29(34)32-25-38-33(24-35(32)41)30-15-8-11-19-37(30)44(38)40-42-36-18-10-7-16-31(36)39(43-40)28-22-20-27(21-23-28)26-12-4-3-5-13-26/h3-8,10-16,18-23,25,30,35,37H,9,17,24H2,1-2H3. The lowest BCUT2D eigenvalue weighted by molar-refractivity contribution is 0.312. The first-order valence-corrected chi connectivity index (χ1v) is 16.0. The fourth-order valence-corrected chi connectivity index (χ4v) is 8.44. The smallest absolute Gasteiger partial charge is 0.231 e. The van der Waals surface area contributed by atoms with Crippen LogP contribution in [0.4, 0.5) is 5.95 Å². The van der Waals surface area contributed by atoms with Gasteiger partial charge >= 0.3 is 0 Å². The monoisotopic (exact) mass is 569 g/mol. The molecule has 0 spiro atoms. The predicted molar refractivity (Wildman–Crippen MR) is 181 cm³/mol. The van der Waals surface area contributed by atoms with Crippen LogP contribution in [0.3, 0.4) is 0 Å². The predicted octanol–water partition coefficient (Wildman–Crippen LogP) is 9.78. The molecule has 0 bridgehead atoms. The zero-order chi connectivity index (χ0) is 29.4. The van der Waals surface area contributed by atoms with Gasteiger partial charge in [-0.1, -0.05) is 129 Å². The SMILES string of the molecule is CC1(C)C2=C(C=CCC2)C2=CC3=C(CC21)C1C=CC=CC1N3c1nc(-c2ccc(-c3ccccc3)cc2)c2ccccc2n1. The summed E-state index contributed by atoms with van der Waals surface area (Å²) >= 11 is 0. The Morgan fingerprint density at radius 2 is 1.55 bits per heavy atom. The number of nitrogens with zero attached hydrogens (tertiary/aromatic N) is 3. The van der Waals surface area contributed by atoms with Gasteiger partial charge in [-0.3, -0.25) is 0 Å². The molecule has 9 rings (SSSR count). The molecule has 4 aromatic rings. The molecule has 5 aliphatic rings. The molecule has 1 aliphatic heterocycles. The first-order chi connectivity index (χ1) is 21.6. The van der Waals surface area contributed by atoms with E-state index in [0.717, 1.165) is 41.0 Å². The highest BCUT2D eigenvalue weighted by Crippen LogP contribution is 2.60. The van der Waals surface area contributed by atoms with Crippen molar-refractivity contribution in [2.75, 3.05) is 4.90 Å². The molecule has 4 aliphatic carbocycles. The molecule has 2 heterocycles. The molecule has 44 heavy (non-hydrogen) atoms. The molecule has 3 aromatic carbocycles. The van der Waals surface area contributed by atoms with Gasteiger partial charge in [0.25, 0.3) is 0 Å². The maximum atomic E-state index is 5.40. The molecule has 0 saturated heterocycles. The number of benzene rings is 3. The summed E-state index contributed by atoms with van der Waals surface area (Å²) in [5.74, 6) is 1.64. The number of hydrogen-bond acceptors (Lipinski definition) is 3. The van der Waals surface area contributed by atoms with E-state index in [1.807, 2.05) is 0 Å². The Morgan fingerprint density at radius 3 is 2.41 bits per heavy atom. The zero-order valence-corrected chi connectivity index (χ0v) is 25.2. The minimum absolute atomic E-state index is 0.175. The van der Waals surface area contributed by atoms with Gasteiger partial charge in [0.1, 0.15) is 0 Å². The largest absolute Gasteiger partial charge is 0.303 e. The third kappa shape index (κ3) is 3.75. The first kappa shape index (κ1) is 25.7. The summed E-state index contributed by atoms with van der Waals surface area (Å²) in [6, 6.07) is 28.0. The normalized spacial score (nSPS) is 24.4. The highest BCUT2D eigenvalue weighted by atomic mass is 15.3. The third-order valence-electron chi connectivity index (χ3n) is 10.7. The molecule has 3 atom stereocenters. The van der Waals surface area contributed by atoms with Crippen molar-refractivity contribution in [3.05, 3.63) is 149 Å². The Hall–Kier alpha value is -4.76. The van der Waals surface area contributed by atoms with Crippen LogP contribution in [0.1, 0.15) is 33.1 Å². The van der Waals surface area contributed by atoms with Crippen LogP contribution in [-0.2, 0) is 0 Å². The van der Waals surface area contributed by atoms with E-state index in [9.17, 15) is 0 Å². The van der Waals surface area contributed by atoms with Crippen molar-refractivity contribution in [2.45, 2.75) is 39.2 Å². The van der Waals surface area contributed by atoms with E-state index >= 15 is 0 Å². The van der Waals surface area contributed by atoms with Gasteiger partial charge in [0.2, 0.25) is 5.95 Å². The van der Waals surface area contributed by atoms with Crippen LogP contribution in [-0.4, -0.2) is 16.0 Å². The van der Waals surface area contributed by atoms with E-state index in [1.54, 1.807) is 5.57 Å². The van der Waals surface area contributed by atoms with Gasteiger partial charge in [0, 0.05) is 22.6 Å². The number of fused-ring (bicyclic) bond motifs is 5. The molecule has 0 amide bonds. The van der Waals surface area contributed by atoms with Crippen LogP contribution in [0, 0.1) is 17.3 Å². The Balaban J connectivity index is 1.20. The summed E-state index contributed by atoms with van der Waals surface area (Å²) in [6.45, 7) is 4.95. The summed E-state index contributed by atoms with van der Waals surface area (Å²) in [7, 11) is 0. The van der Waals surface area contributed by atoms with Crippen LogP contribution in [0.5, 0.6) is 0 Å². The highest BCUT2D eigenvalue weighted by molar-refractivity contribution is 5.93. The zero-order valence-electron chi connectivity index (χ0n) is 25.2. The highest BCUT2D eigenvalue weighted by Gasteiger charge is 2.50. The molecule has 214 valence electrons. The van der Waals surface area contributed by atoms with Gasteiger partial charge in [-0.2, -0.15) is 0 Å². The second-order valence-corrected chi connectivity index (χ2v) is 13.3. The van der Waals surface area contributed by atoms with Crippen LogP contribution >= 0.6 is 0 Å². The van der Waals surface area contributed by atoms with Crippen molar-refractivity contribution < 1.29 is 0 Å². The number of hydrogen-bond donors (Lipinski definition) is 0. The average molecular weight is 570 g/mol. The average Bonchev–Trinajstić information content (AvgIpc) is 3.52. The summed E-state index contributed by atoms with van der Waals surface area (Å²) in [5, 5.41) is 1.08. The van der Waals surface area contributed by atoms with E-state index < -0.39 is 0 Å². The van der Waals surface area contributed by atoms with E-state index in [1.165, 1.54) is 40.0 Å². The molecule has 0 fully saturated rings. The first-order valence-electron chi connectivity index (χ1n) is 16.0. The van der Waals surface area contributed by atoms with Crippen molar-refractivity contribution in [2.24, 2.45) is 17.3 Å². The molecular weight excluding hydrogens is 534 g/mol. The number of para-hydroxylation sites is 1. The summed E-state index contributed by atoms with van der Waals surface area (Å²) in [4.78, 5) is 13.1. The molecule has 3 heteroatoms. The lowest BCUT2D eigenvalue weighted by Gasteiger charge is -2.34. The van der Waals surface area contributed by atoms with Gasteiger partial charge in [-0.15, -0.1) is 0 Å². The summed E-state index contributed by atoms with van der Waals surface area (Å²) < 4.78 is 0. The summed E-state index contributed by atoms with van der Waals surface area (Å²) in [6.07, 6.45) is 19.9. The molecule has 3 nitrogen and oxygen atoms in total. The Morgan fingerprint density at radius 1 is 0.795 bits per heavy atom. The van der Waals surface area contributed by atoms with E-state index in [-0.39, 0.29) is 11.5 Å². The third-order valence-corrected chi connectivity index (χ3v) is 10.7. The molecular formula is C41H35N3. The summed E-state index contributed by atoms with van der Waals surface area (Å²) in [5.41, 5.74) is 13.1. The van der Waals surface area contributed by atoms with Gasteiger partial charge in [-0.05, 0) is 70.6 Å². The minimum Gasteiger partial charge on any atom is -0.303 e. The van der Waals surface area contributed by atoms with Crippen molar-refractivity contribution in [1.29, 1.82) is 0 Å². The quantitative estimate of drug-likeness (QED) is 0.246. The van der Waals surface area contributed by atoms with Gasteiger partial charge in [-0.25, -0.2) is 9.97 Å². The minimum atomic E-state index is 0.175. The fraction of sp³-hybridized carbons (Fsp3) is 0.220. The van der Waals surface area contributed by atoms with E-state index in [2.05, 4.69) is 140 Å².